The molecule has 6 heterocycles. The van der Waals surface area contributed by atoms with Gasteiger partial charge in [-0.2, -0.15) is 4.98 Å². The molecule has 3 aliphatic heterocycles. The molecule has 282 valence electrons. The van der Waals surface area contributed by atoms with Crippen molar-refractivity contribution in [3.8, 4) is 0 Å². The van der Waals surface area contributed by atoms with E-state index >= 15 is 0 Å². The van der Waals surface area contributed by atoms with Crippen LogP contribution >= 0.6 is 0 Å². The zero-order chi connectivity index (χ0) is 37.3. The van der Waals surface area contributed by atoms with Gasteiger partial charge in [-0.05, 0) is 74.9 Å². The number of carbonyl (C=O) groups excluding carboxylic acids is 3. The number of rotatable bonds is 9. The van der Waals surface area contributed by atoms with Crippen molar-refractivity contribution in [2.75, 3.05) is 60.9 Å². The molecule has 14 heteroatoms. The Morgan fingerprint density at radius 2 is 1.65 bits per heavy atom. The predicted octanol–water partition coefficient (Wildman–Crippen LogP) is 4.79. The van der Waals surface area contributed by atoms with E-state index < -0.39 is 0 Å². The molecule has 54 heavy (non-hydrogen) atoms. The molecule has 8 rings (SSSR count). The molecule has 1 saturated carbocycles. The fourth-order valence-electron chi connectivity index (χ4n) is 8.74. The van der Waals surface area contributed by atoms with Crippen molar-refractivity contribution in [3.05, 3.63) is 75.8 Å². The number of aromatic nitrogens is 4. The lowest BCUT2D eigenvalue weighted by atomic mass is 10.0. The maximum absolute atomic E-state index is 13.6. The maximum Gasteiger partial charge on any atom is 0.328 e. The number of urea groups is 1. The standard InChI is InChI=1S/C40H48N10O4/c1-26-33-24-42-39(45-37(33)50(30-7-3-4-8-30)38(53)36(26)27(2)51)43-34-11-10-32(23-41-34)47-15-12-29(13-16-47)48-20-18-46(19-21-48)25-28-6-5-9-31(22-28)49-17-14-35(52)44-40(49)54/h5-6,9-11,22-24,29-30H,3-4,7-8,12-21,25H2,1-2H3,(H,44,52,54)(H,41,42,43,45). The monoisotopic (exact) mass is 732 g/mol. The first-order chi connectivity index (χ1) is 26.2. The van der Waals surface area contributed by atoms with Gasteiger partial charge in [0.05, 0.1) is 17.4 Å². The van der Waals surface area contributed by atoms with E-state index in [0.29, 0.717) is 42.0 Å². The Labute approximate surface area is 314 Å². The van der Waals surface area contributed by atoms with Crippen molar-refractivity contribution in [2.24, 2.45) is 0 Å². The number of hydrogen-bond donors (Lipinski definition) is 2. The number of hydrogen-bond acceptors (Lipinski definition) is 11. The number of nitrogens with zero attached hydrogens (tertiary/aromatic N) is 8. The number of nitrogens with one attached hydrogen (secondary N) is 2. The summed E-state index contributed by atoms with van der Waals surface area (Å²) in [5.41, 5.74) is 4.23. The molecule has 0 unspecified atom stereocenters. The Morgan fingerprint density at radius 3 is 2.35 bits per heavy atom. The number of Topliss-reactive ketones (excluding diaryl/α,β-unsaturated/α-hetero) is 1. The van der Waals surface area contributed by atoms with Crippen molar-refractivity contribution < 1.29 is 14.4 Å². The third-order valence-electron chi connectivity index (χ3n) is 11.7. The zero-order valence-corrected chi connectivity index (χ0v) is 31.1. The second-order valence-corrected chi connectivity index (χ2v) is 15.1. The number of carbonyl (C=O) groups is 3. The third kappa shape index (κ3) is 7.32. The molecule has 3 saturated heterocycles. The molecule has 2 N–H and O–H groups in total. The van der Waals surface area contributed by atoms with E-state index in [1.54, 1.807) is 22.6 Å². The Bertz CT molecular complexity index is 2110. The molecular weight excluding hydrogens is 685 g/mol. The van der Waals surface area contributed by atoms with Gasteiger partial charge < -0.3 is 10.2 Å². The first-order valence-corrected chi connectivity index (χ1v) is 19.3. The van der Waals surface area contributed by atoms with Crippen LogP contribution in [0.4, 0.5) is 27.9 Å². The number of amides is 3. The van der Waals surface area contributed by atoms with Crippen molar-refractivity contribution in [1.82, 2.24) is 34.6 Å². The van der Waals surface area contributed by atoms with Crippen LogP contribution in [0.2, 0.25) is 0 Å². The van der Waals surface area contributed by atoms with Gasteiger partial charge in [0.2, 0.25) is 11.9 Å². The molecule has 0 spiro atoms. The van der Waals surface area contributed by atoms with Crippen LogP contribution in [-0.2, 0) is 11.3 Å². The first kappa shape index (κ1) is 35.8. The van der Waals surface area contributed by atoms with Gasteiger partial charge >= 0.3 is 6.03 Å². The number of ketones is 1. The van der Waals surface area contributed by atoms with Gasteiger partial charge in [0, 0.05) is 88.1 Å². The topological polar surface area (TPSA) is 149 Å². The minimum Gasteiger partial charge on any atom is -0.370 e. The fourth-order valence-corrected chi connectivity index (χ4v) is 8.74. The fraction of sp³-hybridized carbons (Fsp3) is 0.475. The highest BCUT2D eigenvalue weighted by atomic mass is 16.2. The van der Waals surface area contributed by atoms with Gasteiger partial charge in [0.1, 0.15) is 11.5 Å². The highest BCUT2D eigenvalue weighted by Gasteiger charge is 2.29. The Morgan fingerprint density at radius 1 is 0.870 bits per heavy atom. The number of fused-ring (bicyclic) bond motifs is 1. The average Bonchev–Trinajstić information content (AvgIpc) is 3.70. The quantitative estimate of drug-likeness (QED) is 0.229. The van der Waals surface area contributed by atoms with Crippen molar-refractivity contribution in [3.63, 3.8) is 0 Å². The summed E-state index contributed by atoms with van der Waals surface area (Å²) < 4.78 is 1.73. The summed E-state index contributed by atoms with van der Waals surface area (Å²) >= 11 is 0. The molecule has 4 aliphatic rings. The first-order valence-electron chi connectivity index (χ1n) is 19.3. The van der Waals surface area contributed by atoms with Crippen LogP contribution in [0.3, 0.4) is 0 Å². The van der Waals surface area contributed by atoms with Crippen LogP contribution in [0, 0.1) is 6.92 Å². The van der Waals surface area contributed by atoms with E-state index in [9.17, 15) is 19.2 Å². The summed E-state index contributed by atoms with van der Waals surface area (Å²) in [6.45, 7) is 10.5. The van der Waals surface area contributed by atoms with Gasteiger partial charge in [-0.15, -0.1) is 0 Å². The van der Waals surface area contributed by atoms with E-state index in [0.717, 1.165) is 101 Å². The number of piperazine rings is 1. The van der Waals surface area contributed by atoms with Crippen molar-refractivity contribution in [1.29, 1.82) is 0 Å². The number of imide groups is 1. The number of anilines is 4. The number of pyridine rings is 2. The largest absolute Gasteiger partial charge is 0.370 e. The SMILES string of the molecule is CC(=O)c1c(C)c2cnc(Nc3ccc(N4CCC(N5CCN(Cc6cccc(N7CCC(=O)NC7=O)c6)CC5)CC4)cn3)nc2n(C2CCCC2)c1=O. The maximum atomic E-state index is 13.6. The lowest BCUT2D eigenvalue weighted by molar-refractivity contribution is -0.120. The lowest BCUT2D eigenvalue weighted by Crippen LogP contribution is -2.53. The van der Waals surface area contributed by atoms with E-state index in [1.165, 1.54) is 12.5 Å². The lowest BCUT2D eigenvalue weighted by Gasteiger charge is -2.43. The molecular formula is C40H48N10O4. The molecule has 1 aliphatic carbocycles. The normalized spacial score (nSPS) is 19.4. The molecule has 3 amide bonds. The van der Waals surface area contributed by atoms with Crippen LogP contribution in [0.1, 0.15) is 79.4 Å². The zero-order valence-electron chi connectivity index (χ0n) is 31.1. The second-order valence-electron chi connectivity index (χ2n) is 15.1. The van der Waals surface area contributed by atoms with Gasteiger partial charge in [-0.3, -0.25) is 39.0 Å². The Hall–Kier alpha value is -5.21. The average molecular weight is 733 g/mol. The number of piperidine rings is 1. The van der Waals surface area contributed by atoms with E-state index in [-0.39, 0.29) is 34.9 Å². The smallest absolute Gasteiger partial charge is 0.328 e. The van der Waals surface area contributed by atoms with E-state index in [1.807, 2.05) is 24.4 Å². The summed E-state index contributed by atoms with van der Waals surface area (Å²) in [6.07, 6.45) is 10.0. The minimum atomic E-state index is -0.351. The van der Waals surface area contributed by atoms with Gasteiger partial charge in [-0.1, -0.05) is 25.0 Å². The van der Waals surface area contributed by atoms with Gasteiger partial charge in [0.15, 0.2) is 5.78 Å². The molecule has 4 fully saturated rings. The Kier molecular flexibility index (Phi) is 10.1. The van der Waals surface area contributed by atoms with Crippen LogP contribution in [0.25, 0.3) is 11.0 Å². The highest BCUT2D eigenvalue weighted by Crippen LogP contribution is 2.32. The summed E-state index contributed by atoms with van der Waals surface area (Å²) in [5.74, 6) is 0.534. The number of benzene rings is 1. The van der Waals surface area contributed by atoms with Gasteiger partial charge in [-0.25, -0.2) is 14.8 Å². The second kappa shape index (κ2) is 15.3. The van der Waals surface area contributed by atoms with Crippen molar-refractivity contribution >= 4 is 51.9 Å². The molecule has 0 atom stereocenters. The summed E-state index contributed by atoms with van der Waals surface area (Å²) in [6, 6.07) is 12.3. The molecule has 0 radical (unpaired) electrons. The van der Waals surface area contributed by atoms with E-state index in [4.69, 9.17) is 9.97 Å². The van der Waals surface area contributed by atoms with Crippen LogP contribution in [0.15, 0.2) is 53.6 Å². The number of aryl methyl sites for hydroxylation is 1. The predicted molar refractivity (Wildman–Crippen MR) is 208 cm³/mol. The molecule has 4 aromatic rings. The van der Waals surface area contributed by atoms with E-state index in [2.05, 4.69) is 48.5 Å². The summed E-state index contributed by atoms with van der Waals surface area (Å²) in [5, 5.41) is 6.37. The molecule has 14 nitrogen and oxygen atoms in total. The van der Waals surface area contributed by atoms with Crippen molar-refractivity contribution in [2.45, 2.75) is 77.4 Å². The molecule has 0 bridgehead atoms. The van der Waals surface area contributed by atoms with Crippen LogP contribution in [0.5, 0.6) is 0 Å². The Balaban J connectivity index is 0.846. The van der Waals surface area contributed by atoms with Crippen LogP contribution < -0.4 is 26.0 Å². The summed E-state index contributed by atoms with van der Waals surface area (Å²) in [7, 11) is 0. The molecule has 3 aromatic heterocycles. The van der Waals surface area contributed by atoms with Gasteiger partial charge in [0.25, 0.3) is 5.56 Å². The summed E-state index contributed by atoms with van der Waals surface area (Å²) in [4.78, 5) is 73.1. The molecule has 1 aromatic carbocycles. The minimum absolute atomic E-state index is 0.0228. The highest BCUT2D eigenvalue weighted by molar-refractivity contribution is 6.05. The third-order valence-corrected chi connectivity index (χ3v) is 11.7. The van der Waals surface area contributed by atoms with Crippen LogP contribution in [-0.4, -0.2) is 98.9 Å².